The normalized spacial score (nSPS) is 13.3. The van der Waals surface area contributed by atoms with Crippen LogP contribution in [-0.2, 0) is 4.74 Å². The van der Waals surface area contributed by atoms with Crippen molar-refractivity contribution in [2.24, 2.45) is 0 Å². The molecule has 0 atom stereocenters. The number of aromatic nitrogens is 3. The fourth-order valence-electron chi connectivity index (χ4n) is 5.90. The minimum Gasteiger partial charge on any atom is -0.493 e. The van der Waals surface area contributed by atoms with Crippen LogP contribution in [0.2, 0.25) is 0 Å². The predicted molar refractivity (Wildman–Crippen MR) is 195 cm³/mol. The molecule has 0 bridgehead atoms. The summed E-state index contributed by atoms with van der Waals surface area (Å²) in [6.07, 6.45) is 3.99. The average molecular weight is 755 g/mol. The lowest BCUT2D eigenvalue weighted by molar-refractivity contribution is 0.0357. The molecular weight excluding hydrogens is 721 g/mol. The molecule has 11 nitrogen and oxygen atoms in total. The Morgan fingerprint density at radius 1 is 0.941 bits per heavy atom. The highest BCUT2D eigenvalue weighted by atomic mass is 79.9. The maximum absolute atomic E-state index is 15.5. The maximum Gasteiger partial charge on any atom is 0.269 e. The van der Waals surface area contributed by atoms with Gasteiger partial charge in [0.05, 0.1) is 38.1 Å². The fourth-order valence-corrected chi connectivity index (χ4v) is 6.16. The zero-order chi connectivity index (χ0) is 35.3. The Kier molecular flexibility index (Phi) is 10.2. The number of amides is 1. The van der Waals surface area contributed by atoms with Crippen LogP contribution in [0.4, 0.5) is 10.1 Å². The lowest BCUT2D eigenvalue weighted by Crippen LogP contribution is -2.37. The van der Waals surface area contributed by atoms with Crippen LogP contribution in [0, 0.1) is 5.82 Å². The van der Waals surface area contributed by atoms with E-state index in [1.54, 1.807) is 74.1 Å². The summed E-state index contributed by atoms with van der Waals surface area (Å²) < 4.78 is 40.8. The molecule has 7 rings (SSSR count). The third-order valence-corrected chi connectivity index (χ3v) is 9.00. The van der Waals surface area contributed by atoms with E-state index in [0.717, 1.165) is 49.8 Å². The van der Waals surface area contributed by atoms with E-state index in [2.05, 4.69) is 36.1 Å². The average Bonchev–Trinajstić information content (AvgIpc) is 3.15. The van der Waals surface area contributed by atoms with E-state index in [1.807, 2.05) is 0 Å². The first-order valence-electron chi connectivity index (χ1n) is 16.3. The van der Waals surface area contributed by atoms with Gasteiger partial charge in [-0.15, -0.1) is 0 Å². The number of benzene rings is 3. The van der Waals surface area contributed by atoms with E-state index < -0.39 is 17.3 Å². The van der Waals surface area contributed by atoms with E-state index in [1.165, 1.54) is 22.8 Å². The molecule has 0 spiro atoms. The molecule has 0 unspecified atom stereocenters. The summed E-state index contributed by atoms with van der Waals surface area (Å²) in [5, 5.41) is 3.83. The molecule has 0 aliphatic carbocycles. The van der Waals surface area contributed by atoms with Crippen LogP contribution < -0.4 is 25.1 Å². The molecule has 51 heavy (non-hydrogen) atoms. The number of halogens is 2. The standard InChI is InChI=1S/C38H33BrFN5O6/c1-48-34-22-28-31(23-35(34)50-17-3-14-44-15-18-49-19-16-44)41-13-11-32(28)51-33-10-7-26(21-30(33)40)43-37(46)29-20-24-4-2-12-42-36(24)45(38(29)47)27-8-5-25(39)6-9-27/h2,4-13,20-23H,3,14-19H2,1H3,(H,43,46). The third kappa shape index (κ3) is 7.55. The molecule has 1 N–H and O–H groups in total. The van der Waals surface area contributed by atoms with Gasteiger partial charge in [0.2, 0.25) is 0 Å². The number of anilines is 1. The lowest BCUT2D eigenvalue weighted by Gasteiger charge is -2.26. The van der Waals surface area contributed by atoms with Crippen molar-refractivity contribution in [3.05, 3.63) is 117 Å². The quantitative estimate of drug-likeness (QED) is 0.140. The number of methoxy groups -OCH3 is 1. The maximum atomic E-state index is 15.5. The minimum atomic E-state index is -0.722. The number of hydrogen-bond acceptors (Lipinski definition) is 9. The number of fused-ring (bicyclic) bond motifs is 2. The van der Waals surface area contributed by atoms with Crippen LogP contribution in [0.5, 0.6) is 23.0 Å². The second-order valence-corrected chi connectivity index (χ2v) is 12.7. The molecule has 1 aliphatic rings. The van der Waals surface area contributed by atoms with Crippen LogP contribution in [-0.4, -0.2) is 71.9 Å². The van der Waals surface area contributed by atoms with Gasteiger partial charge in [-0.3, -0.25) is 24.0 Å². The van der Waals surface area contributed by atoms with E-state index in [0.29, 0.717) is 51.5 Å². The molecule has 1 amide bonds. The van der Waals surface area contributed by atoms with Crippen molar-refractivity contribution in [2.75, 3.05) is 51.9 Å². The molecule has 3 aromatic carbocycles. The summed E-state index contributed by atoms with van der Waals surface area (Å²) in [5.41, 5.74) is 0.972. The van der Waals surface area contributed by atoms with Gasteiger partial charge < -0.3 is 24.3 Å². The molecule has 1 fully saturated rings. The first-order valence-corrected chi connectivity index (χ1v) is 17.1. The van der Waals surface area contributed by atoms with Crippen LogP contribution in [0.1, 0.15) is 16.8 Å². The summed E-state index contributed by atoms with van der Waals surface area (Å²) in [6.45, 7) is 4.76. The monoisotopic (exact) mass is 753 g/mol. The topological polar surface area (TPSA) is 117 Å². The minimum absolute atomic E-state index is 0.0720. The van der Waals surface area contributed by atoms with Crippen molar-refractivity contribution in [2.45, 2.75) is 6.42 Å². The number of pyridine rings is 3. The largest absolute Gasteiger partial charge is 0.493 e. The molecule has 3 aromatic heterocycles. The van der Waals surface area contributed by atoms with Gasteiger partial charge in [0.15, 0.2) is 23.1 Å². The number of nitrogens with zero attached hydrogens (tertiary/aromatic N) is 4. The molecular formula is C38H33BrFN5O6. The summed E-state index contributed by atoms with van der Waals surface area (Å²) in [4.78, 5) is 38.3. The van der Waals surface area contributed by atoms with Crippen molar-refractivity contribution < 1.29 is 28.1 Å². The van der Waals surface area contributed by atoms with Crippen molar-refractivity contribution in [1.82, 2.24) is 19.4 Å². The molecule has 6 aromatic rings. The van der Waals surface area contributed by atoms with Gasteiger partial charge in [-0.2, -0.15) is 0 Å². The van der Waals surface area contributed by atoms with Gasteiger partial charge in [-0.1, -0.05) is 15.9 Å². The Labute approximate surface area is 300 Å². The number of hydrogen-bond donors (Lipinski definition) is 1. The SMILES string of the molecule is COc1cc2c(Oc3ccc(NC(=O)c4cc5cccnc5n(-c5ccc(Br)cc5)c4=O)cc3F)ccnc2cc1OCCCN1CCOCC1. The van der Waals surface area contributed by atoms with E-state index in [-0.39, 0.29) is 17.0 Å². The first-order chi connectivity index (χ1) is 24.9. The smallest absolute Gasteiger partial charge is 0.269 e. The molecule has 260 valence electrons. The van der Waals surface area contributed by atoms with Crippen molar-refractivity contribution in [1.29, 1.82) is 0 Å². The Morgan fingerprint density at radius 3 is 2.55 bits per heavy atom. The molecule has 13 heteroatoms. The van der Waals surface area contributed by atoms with Crippen molar-refractivity contribution in [3.8, 4) is 28.7 Å². The zero-order valence-corrected chi connectivity index (χ0v) is 29.2. The first kappa shape index (κ1) is 34.1. The van der Waals surface area contributed by atoms with Gasteiger partial charge in [0, 0.05) is 65.1 Å². The highest BCUT2D eigenvalue weighted by molar-refractivity contribution is 9.10. The number of carbonyl (C=O) groups is 1. The summed E-state index contributed by atoms with van der Waals surface area (Å²) in [7, 11) is 1.55. The fraction of sp³-hybridized carbons (Fsp3) is 0.211. The van der Waals surface area contributed by atoms with Gasteiger partial charge in [-0.05, 0) is 73.2 Å². The second kappa shape index (κ2) is 15.3. The van der Waals surface area contributed by atoms with Crippen LogP contribution in [0.3, 0.4) is 0 Å². The van der Waals surface area contributed by atoms with Gasteiger partial charge in [0.25, 0.3) is 11.5 Å². The van der Waals surface area contributed by atoms with Gasteiger partial charge in [-0.25, -0.2) is 9.37 Å². The lowest BCUT2D eigenvalue weighted by atomic mass is 10.1. The van der Waals surface area contributed by atoms with Crippen molar-refractivity contribution >= 4 is 49.5 Å². The summed E-state index contributed by atoms with van der Waals surface area (Å²) in [6, 6.07) is 21.2. The van der Waals surface area contributed by atoms with Crippen molar-refractivity contribution in [3.63, 3.8) is 0 Å². The number of rotatable bonds is 11. The third-order valence-electron chi connectivity index (χ3n) is 8.47. The number of morpholine rings is 1. The molecule has 4 heterocycles. The highest BCUT2D eigenvalue weighted by Crippen LogP contribution is 2.38. The summed E-state index contributed by atoms with van der Waals surface area (Å²) in [5.74, 6) is -0.0949. The van der Waals surface area contributed by atoms with Crippen LogP contribution >= 0.6 is 15.9 Å². The van der Waals surface area contributed by atoms with Crippen LogP contribution in [0.15, 0.2) is 101 Å². The molecule has 0 saturated carbocycles. The molecule has 1 saturated heterocycles. The Hall–Kier alpha value is -5.37. The van der Waals surface area contributed by atoms with Crippen LogP contribution in [0.25, 0.3) is 27.6 Å². The number of ether oxygens (including phenoxy) is 4. The second-order valence-electron chi connectivity index (χ2n) is 11.8. The summed E-state index contributed by atoms with van der Waals surface area (Å²) >= 11 is 3.41. The van der Waals surface area contributed by atoms with E-state index >= 15 is 4.39 Å². The Morgan fingerprint density at radius 2 is 1.76 bits per heavy atom. The predicted octanol–water partition coefficient (Wildman–Crippen LogP) is 6.99. The van der Waals surface area contributed by atoms with E-state index in [4.69, 9.17) is 18.9 Å². The Balaban J connectivity index is 1.08. The van der Waals surface area contributed by atoms with E-state index in [9.17, 15) is 9.59 Å². The molecule has 1 aliphatic heterocycles. The highest BCUT2D eigenvalue weighted by Gasteiger charge is 2.19. The number of nitrogens with one attached hydrogen (secondary N) is 1. The zero-order valence-electron chi connectivity index (χ0n) is 27.6. The van der Waals surface area contributed by atoms with Gasteiger partial charge in [0.1, 0.15) is 17.0 Å². The molecule has 0 radical (unpaired) electrons. The van der Waals surface area contributed by atoms with Gasteiger partial charge >= 0.3 is 0 Å². The Bertz CT molecular complexity index is 2280. The number of carbonyl (C=O) groups excluding carboxylic acids is 1.